The molecule has 1 atom stereocenters. The summed E-state index contributed by atoms with van der Waals surface area (Å²) in [4.78, 5) is 11.6. The third-order valence-corrected chi connectivity index (χ3v) is 3.53. The average Bonchev–Trinajstić information content (AvgIpc) is 2.23. The number of rotatable bonds is 3. The zero-order chi connectivity index (χ0) is 11.4. The minimum atomic E-state index is -0.176. The first-order valence-corrected chi connectivity index (χ1v) is 6.01. The van der Waals surface area contributed by atoms with Crippen molar-refractivity contribution in [1.82, 2.24) is 0 Å². The van der Waals surface area contributed by atoms with E-state index in [1.165, 1.54) is 0 Å². The summed E-state index contributed by atoms with van der Waals surface area (Å²) in [5, 5.41) is 2.85. The lowest BCUT2D eigenvalue weighted by Gasteiger charge is -2.12. The van der Waals surface area contributed by atoms with Crippen molar-refractivity contribution < 1.29 is 4.79 Å². The number of carbonyl (C=O) groups is 1. The number of hydrogen-bond donors (Lipinski definition) is 1. The molecule has 1 amide bonds. The third kappa shape index (κ3) is 3.21. The van der Waals surface area contributed by atoms with E-state index in [2.05, 4.69) is 21.2 Å². The van der Waals surface area contributed by atoms with Crippen LogP contribution in [-0.4, -0.2) is 11.8 Å². The largest absolute Gasteiger partial charge is 0.326 e. The van der Waals surface area contributed by atoms with Gasteiger partial charge in [0, 0.05) is 22.0 Å². The summed E-state index contributed by atoms with van der Waals surface area (Å²) in [5.41, 5.74) is 1.85. The second-order valence-corrected chi connectivity index (χ2v) is 4.62. The highest BCUT2D eigenvalue weighted by Gasteiger charge is 2.12. The number of alkyl halides is 1. The number of carbonyl (C=O) groups excluding carboxylic acids is 1. The lowest BCUT2D eigenvalue weighted by Crippen LogP contribution is -2.21. The average molecular weight is 291 g/mol. The standard InChI is InChI=1S/C11H13BrClNO/c1-7(6-13)11(15)14-10-5-3-4-9(12)8(10)2/h3-5,7H,6H2,1-2H3,(H,14,15). The number of anilines is 1. The van der Waals surface area contributed by atoms with Crippen LogP contribution in [0.1, 0.15) is 12.5 Å². The molecule has 0 aromatic heterocycles. The highest BCUT2D eigenvalue weighted by molar-refractivity contribution is 9.10. The predicted octanol–water partition coefficient (Wildman–Crippen LogP) is 3.57. The molecule has 1 aromatic rings. The van der Waals surface area contributed by atoms with E-state index in [4.69, 9.17) is 11.6 Å². The molecule has 0 radical (unpaired) electrons. The van der Waals surface area contributed by atoms with E-state index in [9.17, 15) is 4.79 Å². The van der Waals surface area contributed by atoms with E-state index in [1.54, 1.807) is 6.92 Å². The fourth-order valence-electron chi connectivity index (χ4n) is 1.07. The highest BCUT2D eigenvalue weighted by Crippen LogP contribution is 2.23. The van der Waals surface area contributed by atoms with Gasteiger partial charge in [-0.3, -0.25) is 4.79 Å². The van der Waals surface area contributed by atoms with Gasteiger partial charge in [0.15, 0.2) is 0 Å². The molecule has 0 fully saturated rings. The van der Waals surface area contributed by atoms with E-state index in [-0.39, 0.29) is 11.8 Å². The minimum absolute atomic E-state index is 0.0498. The molecule has 0 aliphatic carbocycles. The topological polar surface area (TPSA) is 29.1 Å². The fourth-order valence-corrected chi connectivity index (χ4v) is 1.58. The van der Waals surface area contributed by atoms with Gasteiger partial charge in [0.25, 0.3) is 0 Å². The first-order chi connectivity index (χ1) is 7.06. The molecule has 0 heterocycles. The molecule has 0 aliphatic heterocycles. The summed E-state index contributed by atoms with van der Waals surface area (Å²) in [5.74, 6) is 0.107. The van der Waals surface area contributed by atoms with Gasteiger partial charge >= 0.3 is 0 Å². The number of halogens is 2. The first kappa shape index (κ1) is 12.5. The van der Waals surface area contributed by atoms with Crippen LogP contribution in [0.3, 0.4) is 0 Å². The zero-order valence-electron chi connectivity index (χ0n) is 8.68. The number of nitrogens with one attached hydrogen (secondary N) is 1. The number of benzene rings is 1. The summed E-state index contributed by atoms with van der Waals surface area (Å²) >= 11 is 9.03. The van der Waals surface area contributed by atoms with E-state index in [0.29, 0.717) is 5.88 Å². The van der Waals surface area contributed by atoms with Crippen LogP contribution < -0.4 is 5.32 Å². The second kappa shape index (κ2) is 5.52. The summed E-state index contributed by atoms with van der Waals surface area (Å²) < 4.78 is 0.985. The SMILES string of the molecule is Cc1c(Br)cccc1NC(=O)C(C)CCl. The molecular weight excluding hydrogens is 277 g/mol. The van der Waals surface area contributed by atoms with Crippen LogP contribution in [0, 0.1) is 12.8 Å². The summed E-state index contributed by atoms with van der Waals surface area (Å²) in [6.45, 7) is 3.75. The fraction of sp³-hybridized carbons (Fsp3) is 0.364. The molecular formula is C11H13BrClNO. The normalized spacial score (nSPS) is 12.3. The van der Waals surface area contributed by atoms with E-state index in [1.807, 2.05) is 25.1 Å². The Morgan fingerprint density at radius 3 is 2.87 bits per heavy atom. The van der Waals surface area contributed by atoms with Crippen molar-refractivity contribution in [3.05, 3.63) is 28.2 Å². The van der Waals surface area contributed by atoms with Crippen LogP contribution in [-0.2, 0) is 4.79 Å². The molecule has 1 unspecified atom stereocenters. The van der Waals surface area contributed by atoms with Gasteiger partial charge in [0.1, 0.15) is 0 Å². The Kier molecular flexibility index (Phi) is 4.61. The van der Waals surface area contributed by atoms with E-state index in [0.717, 1.165) is 15.7 Å². The van der Waals surface area contributed by atoms with Crippen LogP contribution in [0.4, 0.5) is 5.69 Å². The Morgan fingerprint density at radius 2 is 2.27 bits per heavy atom. The molecule has 0 spiro atoms. The van der Waals surface area contributed by atoms with E-state index >= 15 is 0 Å². The predicted molar refractivity (Wildman–Crippen MR) is 67.4 cm³/mol. The lowest BCUT2D eigenvalue weighted by molar-refractivity contribution is -0.118. The number of hydrogen-bond acceptors (Lipinski definition) is 1. The van der Waals surface area contributed by atoms with Crippen LogP contribution >= 0.6 is 27.5 Å². The van der Waals surface area contributed by atoms with Gasteiger partial charge in [-0.05, 0) is 24.6 Å². The molecule has 1 N–H and O–H groups in total. The Balaban J connectivity index is 2.81. The Labute approximate surface area is 103 Å². The van der Waals surface area contributed by atoms with Crippen LogP contribution in [0.5, 0.6) is 0 Å². The van der Waals surface area contributed by atoms with Gasteiger partial charge in [-0.1, -0.05) is 28.9 Å². The molecule has 1 rings (SSSR count). The molecule has 4 heteroatoms. The van der Waals surface area contributed by atoms with E-state index < -0.39 is 0 Å². The van der Waals surface area contributed by atoms with Crippen LogP contribution in [0.25, 0.3) is 0 Å². The van der Waals surface area contributed by atoms with Crippen molar-refractivity contribution in [1.29, 1.82) is 0 Å². The molecule has 1 aromatic carbocycles. The Hall–Kier alpha value is -0.540. The molecule has 0 bridgehead atoms. The van der Waals surface area contributed by atoms with Crippen molar-refractivity contribution in [3.8, 4) is 0 Å². The van der Waals surface area contributed by atoms with Gasteiger partial charge in [0.05, 0.1) is 0 Å². The maximum absolute atomic E-state index is 11.6. The smallest absolute Gasteiger partial charge is 0.228 e. The summed E-state index contributed by atoms with van der Waals surface area (Å²) in [7, 11) is 0. The summed E-state index contributed by atoms with van der Waals surface area (Å²) in [6.07, 6.45) is 0. The second-order valence-electron chi connectivity index (χ2n) is 3.46. The maximum atomic E-state index is 11.6. The Bertz CT molecular complexity index is 368. The minimum Gasteiger partial charge on any atom is -0.326 e. The zero-order valence-corrected chi connectivity index (χ0v) is 11.0. The third-order valence-electron chi connectivity index (χ3n) is 2.20. The number of amides is 1. The summed E-state index contributed by atoms with van der Waals surface area (Å²) in [6, 6.07) is 5.70. The maximum Gasteiger partial charge on any atom is 0.228 e. The molecule has 82 valence electrons. The van der Waals surface area contributed by atoms with Gasteiger partial charge in [-0.25, -0.2) is 0 Å². The Morgan fingerprint density at radius 1 is 1.60 bits per heavy atom. The monoisotopic (exact) mass is 289 g/mol. The molecule has 0 aliphatic rings. The van der Waals surface area contributed by atoms with Crippen LogP contribution in [0.15, 0.2) is 22.7 Å². The van der Waals surface area contributed by atoms with Gasteiger partial charge in [-0.15, -0.1) is 11.6 Å². The van der Waals surface area contributed by atoms with Gasteiger partial charge in [0.2, 0.25) is 5.91 Å². The van der Waals surface area contributed by atoms with Crippen molar-refractivity contribution in [2.24, 2.45) is 5.92 Å². The molecule has 15 heavy (non-hydrogen) atoms. The van der Waals surface area contributed by atoms with Crippen molar-refractivity contribution in [3.63, 3.8) is 0 Å². The van der Waals surface area contributed by atoms with Gasteiger partial charge in [-0.2, -0.15) is 0 Å². The van der Waals surface area contributed by atoms with Crippen LogP contribution in [0.2, 0.25) is 0 Å². The molecule has 2 nitrogen and oxygen atoms in total. The quantitative estimate of drug-likeness (QED) is 0.847. The van der Waals surface area contributed by atoms with Crippen molar-refractivity contribution in [2.75, 3.05) is 11.2 Å². The lowest BCUT2D eigenvalue weighted by atomic mass is 10.1. The van der Waals surface area contributed by atoms with Crippen molar-refractivity contribution >= 4 is 39.1 Å². The first-order valence-electron chi connectivity index (χ1n) is 4.68. The highest BCUT2D eigenvalue weighted by atomic mass is 79.9. The molecule has 0 saturated carbocycles. The van der Waals surface area contributed by atoms with Crippen molar-refractivity contribution in [2.45, 2.75) is 13.8 Å². The van der Waals surface area contributed by atoms with Gasteiger partial charge < -0.3 is 5.32 Å². The molecule has 0 saturated heterocycles.